The predicted molar refractivity (Wildman–Crippen MR) is 110 cm³/mol. The van der Waals surface area contributed by atoms with Crippen LogP contribution in [0.2, 0.25) is 0 Å². The molecule has 0 aliphatic heterocycles. The number of amides is 1. The molecule has 0 unspecified atom stereocenters. The van der Waals surface area contributed by atoms with E-state index >= 15 is 0 Å². The zero-order valence-electron chi connectivity index (χ0n) is 15.5. The maximum atomic E-state index is 13.8. The molecule has 1 amide bonds. The van der Waals surface area contributed by atoms with Gasteiger partial charge in [0.1, 0.15) is 0 Å². The Morgan fingerprint density at radius 3 is 2.52 bits per heavy atom. The summed E-state index contributed by atoms with van der Waals surface area (Å²) in [4.78, 5) is 12.9. The van der Waals surface area contributed by atoms with Gasteiger partial charge < -0.3 is 10.1 Å². The number of hydrogen-bond acceptors (Lipinski definition) is 5. The number of nitrogens with one attached hydrogen (secondary N) is 2. The van der Waals surface area contributed by atoms with Crippen molar-refractivity contribution in [3.63, 3.8) is 0 Å². The van der Waals surface area contributed by atoms with Crippen molar-refractivity contribution < 1.29 is 22.3 Å². The number of thiophene rings is 1. The van der Waals surface area contributed by atoms with E-state index in [1.807, 2.05) is 17.5 Å². The first-order valence-electron chi connectivity index (χ1n) is 8.62. The lowest BCUT2D eigenvalue weighted by molar-refractivity contribution is -0.120. The zero-order valence-corrected chi connectivity index (χ0v) is 17.1. The average molecular weight is 435 g/mol. The Hall–Kier alpha value is -2.91. The highest BCUT2D eigenvalue weighted by Crippen LogP contribution is 2.23. The largest absolute Gasteiger partial charge is 0.494 e. The second kappa shape index (κ2) is 9.06. The molecular weight excluding hydrogens is 415 g/mol. The van der Waals surface area contributed by atoms with Crippen LogP contribution in [0.15, 0.2) is 64.9 Å². The highest BCUT2D eigenvalue weighted by Gasteiger charge is 2.17. The van der Waals surface area contributed by atoms with Crippen molar-refractivity contribution in [3.05, 3.63) is 76.2 Å². The molecule has 1 aromatic heterocycles. The Labute approximate surface area is 172 Å². The molecule has 152 valence electrons. The van der Waals surface area contributed by atoms with Crippen LogP contribution < -0.4 is 14.8 Å². The summed E-state index contributed by atoms with van der Waals surface area (Å²) >= 11 is 1.57. The van der Waals surface area contributed by atoms with Crippen molar-refractivity contribution in [1.29, 1.82) is 0 Å². The Balaban J connectivity index is 1.60. The van der Waals surface area contributed by atoms with E-state index in [0.717, 1.165) is 16.5 Å². The molecule has 2 aromatic carbocycles. The Kier molecular flexibility index (Phi) is 6.50. The van der Waals surface area contributed by atoms with Crippen LogP contribution in [0.1, 0.15) is 10.4 Å². The first-order valence-corrected chi connectivity index (χ1v) is 11.0. The summed E-state index contributed by atoms with van der Waals surface area (Å²) in [5.41, 5.74) is 1.05. The van der Waals surface area contributed by atoms with Crippen LogP contribution in [-0.2, 0) is 27.8 Å². The van der Waals surface area contributed by atoms with Crippen LogP contribution in [0.3, 0.4) is 0 Å². The summed E-state index contributed by atoms with van der Waals surface area (Å²) in [5.74, 6) is -0.926. The number of carbonyl (C=O) groups excluding carboxylic acids is 1. The number of hydrogen-bond donors (Lipinski definition) is 2. The lowest BCUT2D eigenvalue weighted by Gasteiger charge is -2.10. The van der Waals surface area contributed by atoms with Gasteiger partial charge in [-0.15, -0.1) is 11.3 Å². The van der Waals surface area contributed by atoms with Gasteiger partial charge in [0.15, 0.2) is 11.6 Å². The summed E-state index contributed by atoms with van der Waals surface area (Å²) in [6.45, 7) is 0.479. The van der Waals surface area contributed by atoms with Crippen molar-refractivity contribution in [3.8, 4) is 5.75 Å². The number of anilines is 1. The maximum absolute atomic E-state index is 13.8. The van der Waals surface area contributed by atoms with Crippen molar-refractivity contribution in [2.75, 3.05) is 11.8 Å². The van der Waals surface area contributed by atoms with Crippen LogP contribution in [0.4, 0.5) is 10.1 Å². The van der Waals surface area contributed by atoms with Crippen LogP contribution in [0.5, 0.6) is 5.75 Å². The summed E-state index contributed by atoms with van der Waals surface area (Å²) in [6.07, 6.45) is 0.183. The number of carbonyl (C=O) groups is 1. The molecular formula is C20H19FN2O4S2. The minimum Gasteiger partial charge on any atom is -0.494 e. The molecule has 0 atom stereocenters. The zero-order chi connectivity index (χ0) is 20.9. The van der Waals surface area contributed by atoms with E-state index < -0.39 is 15.8 Å². The molecule has 3 aromatic rings. The highest BCUT2D eigenvalue weighted by molar-refractivity contribution is 7.92. The van der Waals surface area contributed by atoms with Gasteiger partial charge in [-0.2, -0.15) is 0 Å². The summed E-state index contributed by atoms with van der Waals surface area (Å²) < 4.78 is 45.8. The van der Waals surface area contributed by atoms with Crippen LogP contribution in [-0.4, -0.2) is 21.4 Å². The van der Waals surface area contributed by atoms with Crippen molar-refractivity contribution in [2.45, 2.75) is 17.9 Å². The maximum Gasteiger partial charge on any atom is 0.262 e. The van der Waals surface area contributed by atoms with E-state index in [4.69, 9.17) is 4.74 Å². The molecule has 29 heavy (non-hydrogen) atoms. The highest BCUT2D eigenvalue weighted by atomic mass is 32.2. The predicted octanol–water partition coefficient (Wildman–Crippen LogP) is 3.56. The van der Waals surface area contributed by atoms with E-state index in [-0.39, 0.29) is 23.0 Å². The van der Waals surface area contributed by atoms with E-state index in [9.17, 15) is 17.6 Å². The Morgan fingerprint density at radius 2 is 1.90 bits per heavy atom. The van der Waals surface area contributed by atoms with Crippen LogP contribution in [0, 0.1) is 5.82 Å². The molecule has 6 nitrogen and oxygen atoms in total. The topological polar surface area (TPSA) is 84.5 Å². The fraction of sp³-hybridized carbons (Fsp3) is 0.150. The van der Waals surface area contributed by atoms with E-state index in [1.165, 1.54) is 19.2 Å². The average Bonchev–Trinajstić information content (AvgIpc) is 3.21. The Morgan fingerprint density at radius 1 is 1.14 bits per heavy atom. The SMILES string of the molecule is COc1ccc(S(=O)(=O)Nc2ccc(CC(=O)NCc3cccs3)cc2)cc1F. The molecule has 0 aliphatic carbocycles. The van der Waals surface area contributed by atoms with Gasteiger partial charge in [0.25, 0.3) is 10.0 Å². The minimum atomic E-state index is -3.95. The number of sulfonamides is 1. The standard InChI is InChI=1S/C20H19FN2O4S2/c1-27-19-9-8-17(12-18(19)21)29(25,26)23-15-6-4-14(5-7-15)11-20(24)22-13-16-3-2-10-28-16/h2-10,12,23H,11,13H2,1H3,(H,22,24). The number of benzene rings is 2. The Bertz CT molecular complexity index is 1080. The van der Waals surface area contributed by atoms with Gasteiger partial charge >= 0.3 is 0 Å². The number of rotatable bonds is 8. The number of halogens is 1. The van der Waals surface area contributed by atoms with Gasteiger partial charge in [-0.25, -0.2) is 12.8 Å². The van der Waals surface area contributed by atoms with Crippen LogP contribution in [0.25, 0.3) is 0 Å². The third-order valence-corrected chi connectivity index (χ3v) is 6.30. The molecule has 0 fully saturated rings. The van der Waals surface area contributed by atoms with E-state index in [2.05, 4.69) is 10.0 Å². The third-order valence-electron chi connectivity index (χ3n) is 4.04. The fourth-order valence-corrected chi connectivity index (χ4v) is 4.28. The molecule has 0 saturated heterocycles. The summed E-state index contributed by atoms with van der Waals surface area (Å²) in [6, 6.07) is 13.7. The molecule has 0 saturated carbocycles. The normalized spacial score (nSPS) is 11.1. The summed E-state index contributed by atoms with van der Waals surface area (Å²) in [7, 11) is -2.65. The lowest BCUT2D eigenvalue weighted by Crippen LogP contribution is -2.24. The molecule has 0 bridgehead atoms. The quantitative estimate of drug-likeness (QED) is 0.568. The molecule has 3 rings (SSSR count). The third kappa shape index (κ3) is 5.55. The van der Waals surface area contributed by atoms with Gasteiger partial charge in [0, 0.05) is 10.6 Å². The second-order valence-electron chi connectivity index (χ2n) is 6.13. The number of ether oxygens (including phenoxy) is 1. The van der Waals surface area contributed by atoms with Gasteiger partial charge in [0.2, 0.25) is 5.91 Å². The van der Waals surface area contributed by atoms with Gasteiger partial charge in [-0.05, 0) is 47.3 Å². The fourth-order valence-electron chi connectivity index (χ4n) is 2.57. The van der Waals surface area contributed by atoms with Gasteiger partial charge in [0.05, 0.1) is 25.0 Å². The summed E-state index contributed by atoms with van der Waals surface area (Å²) in [5, 5.41) is 4.78. The number of methoxy groups -OCH3 is 1. The monoisotopic (exact) mass is 434 g/mol. The first kappa shape index (κ1) is 20.8. The molecule has 0 aliphatic rings. The molecule has 9 heteroatoms. The van der Waals surface area contributed by atoms with Gasteiger partial charge in [-0.1, -0.05) is 18.2 Å². The minimum absolute atomic E-state index is 0.0364. The van der Waals surface area contributed by atoms with E-state index in [0.29, 0.717) is 12.2 Å². The van der Waals surface area contributed by atoms with Gasteiger partial charge in [-0.3, -0.25) is 9.52 Å². The lowest BCUT2D eigenvalue weighted by atomic mass is 10.1. The van der Waals surface area contributed by atoms with Crippen LogP contribution >= 0.6 is 11.3 Å². The van der Waals surface area contributed by atoms with Crippen molar-refractivity contribution in [1.82, 2.24) is 5.32 Å². The second-order valence-corrected chi connectivity index (χ2v) is 8.85. The smallest absolute Gasteiger partial charge is 0.262 e. The van der Waals surface area contributed by atoms with E-state index in [1.54, 1.807) is 35.6 Å². The van der Waals surface area contributed by atoms with Crippen molar-refractivity contribution >= 4 is 33.0 Å². The molecule has 1 heterocycles. The van der Waals surface area contributed by atoms with Crippen molar-refractivity contribution in [2.24, 2.45) is 0 Å². The first-order chi connectivity index (χ1) is 13.9. The molecule has 0 radical (unpaired) electrons. The molecule has 2 N–H and O–H groups in total. The molecule has 0 spiro atoms.